The molecule has 0 aromatic carbocycles. The average molecular weight is 170 g/mol. The minimum atomic E-state index is 0.563. The smallest absolute Gasteiger partial charge is 0.0622 e. The zero-order valence-electron chi connectivity index (χ0n) is 7.75. The lowest BCUT2D eigenvalue weighted by molar-refractivity contribution is 0.163. The predicted octanol–water partition coefficient (Wildman–Crippen LogP) is 0.222. The number of nitrogens with two attached hydrogens (primary N) is 1. The zero-order chi connectivity index (χ0) is 8.97. The van der Waals surface area contributed by atoms with Gasteiger partial charge in [0.15, 0.2) is 0 Å². The largest absolute Gasteiger partial charge is 0.380 e. The molecule has 1 rings (SSSR count). The van der Waals surface area contributed by atoms with Crippen molar-refractivity contribution in [3.63, 3.8) is 0 Å². The molecule has 1 saturated heterocycles. The zero-order valence-corrected chi connectivity index (χ0v) is 7.75. The van der Waals surface area contributed by atoms with Gasteiger partial charge < -0.3 is 10.5 Å². The fraction of sp³-hybridized carbons (Fsp3) is 0.778. The van der Waals surface area contributed by atoms with Gasteiger partial charge in [-0.3, -0.25) is 4.90 Å². The van der Waals surface area contributed by atoms with E-state index in [2.05, 4.69) is 18.5 Å². The van der Waals surface area contributed by atoms with E-state index in [1.54, 1.807) is 0 Å². The number of hydrogen-bond acceptors (Lipinski definition) is 3. The van der Waals surface area contributed by atoms with Gasteiger partial charge in [0.1, 0.15) is 0 Å². The Kier molecular flexibility index (Phi) is 3.72. The van der Waals surface area contributed by atoms with Gasteiger partial charge in [-0.15, -0.1) is 0 Å². The van der Waals surface area contributed by atoms with Gasteiger partial charge in [0.25, 0.3) is 0 Å². The van der Waals surface area contributed by atoms with Gasteiger partial charge in [0, 0.05) is 25.7 Å². The van der Waals surface area contributed by atoms with E-state index in [0.717, 1.165) is 31.8 Å². The highest BCUT2D eigenvalue weighted by Crippen LogP contribution is 2.11. The highest BCUT2D eigenvalue weighted by molar-refractivity contribution is 4.99. The van der Waals surface area contributed by atoms with Gasteiger partial charge in [0.2, 0.25) is 0 Å². The first-order valence-electron chi connectivity index (χ1n) is 4.38. The summed E-state index contributed by atoms with van der Waals surface area (Å²) in [5.41, 5.74) is 6.55. The van der Waals surface area contributed by atoms with Crippen molar-refractivity contribution >= 4 is 0 Å². The molecule has 1 aliphatic heterocycles. The molecule has 3 nitrogen and oxygen atoms in total. The Morgan fingerprint density at radius 2 is 2.50 bits per heavy atom. The monoisotopic (exact) mass is 170 g/mol. The van der Waals surface area contributed by atoms with Crippen LogP contribution in [0.3, 0.4) is 0 Å². The van der Waals surface area contributed by atoms with Crippen LogP contribution in [0.25, 0.3) is 0 Å². The third-order valence-electron chi connectivity index (χ3n) is 2.29. The average Bonchev–Trinajstić information content (AvgIpc) is 2.56. The molecule has 0 aromatic heterocycles. The van der Waals surface area contributed by atoms with Gasteiger partial charge in [0.05, 0.1) is 6.61 Å². The molecule has 1 heterocycles. The maximum absolute atomic E-state index is 5.46. The summed E-state index contributed by atoms with van der Waals surface area (Å²) in [6, 6.07) is 0.563. The number of hydrogen-bond donors (Lipinski definition) is 1. The molecule has 1 fully saturated rings. The first-order valence-corrected chi connectivity index (χ1v) is 4.38. The van der Waals surface area contributed by atoms with E-state index in [4.69, 9.17) is 10.5 Å². The molecule has 0 spiro atoms. The van der Waals surface area contributed by atoms with Crippen LogP contribution in [0.5, 0.6) is 0 Å². The molecule has 0 radical (unpaired) electrons. The Balaban J connectivity index is 2.26. The molecule has 2 N–H and O–H groups in total. The SMILES string of the molecule is C=C(CN)CN(C)C1CCOC1. The van der Waals surface area contributed by atoms with E-state index in [9.17, 15) is 0 Å². The van der Waals surface area contributed by atoms with Gasteiger partial charge in [-0.05, 0) is 19.0 Å². The summed E-state index contributed by atoms with van der Waals surface area (Å²) in [5, 5.41) is 0. The van der Waals surface area contributed by atoms with Crippen LogP contribution < -0.4 is 5.73 Å². The van der Waals surface area contributed by atoms with Crippen molar-refractivity contribution in [1.29, 1.82) is 0 Å². The van der Waals surface area contributed by atoms with Gasteiger partial charge in [-0.1, -0.05) is 6.58 Å². The van der Waals surface area contributed by atoms with Crippen LogP contribution in [0.1, 0.15) is 6.42 Å². The molecule has 0 amide bonds. The number of likely N-dealkylation sites (N-methyl/N-ethyl adjacent to an activating group) is 1. The van der Waals surface area contributed by atoms with E-state index in [0.29, 0.717) is 12.6 Å². The summed E-state index contributed by atoms with van der Waals surface area (Å²) in [5.74, 6) is 0. The van der Waals surface area contributed by atoms with Crippen LogP contribution in [0.2, 0.25) is 0 Å². The Morgan fingerprint density at radius 1 is 1.75 bits per heavy atom. The Bertz CT molecular complexity index is 153. The molecule has 1 aliphatic rings. The highest BCUT2D eigenvalue weighted by Gasteiger charge is 2.19. The van der Waals surface area contributed by atoms with Crippen LogP contribution in [-0.2, 0) is 4.74 Å². The van der Waals surface area contributed by atoms with E-state index in [1.165, 1.54) is 0 Å². The van der Waals surface area contributed by atoms with Crippen molar-refractivity contribution in [2.24, 2.45) is 5.73 Å². The summed E-state index contributed by atoms with van der Waals surface area (Å²) in [6.07, 6.45) is 1.13. The minimum Gasteiger partial charge on any atom is -0.380 e. The maximum Gasteiger partial charge on any atom is 0.0622 e. The van der Waals surface area contributed by atoms with Crippen molar-refractivity contribution in [2.75, 3.05) is 33.4 Å². The van der Waals surface area contributed by atoms with Crippen molar-refractivity contribution < 1.29 is 4.74 Å². The normalized spacial score (nSPS) is 23.4. The molecule has 1 unspecified atom stereocenters. The first kappa shape index (κ1) is 9.71. The number of ether oxygens (including phenoxy) is 1. The first-order chi connectivity index (χ1) is 5.74. The molecule has 0 aromatic rings. The summed E-state index contributed by atoms with van der Waals surface area (Å²) in [6.45, 7) is 7.10. The van der Waals surface area contributed by atoms with E-state index in [-0.39, 0.29) is 0 Å². The molecule has 0 aliphatic carbocycles. The van der Waals surface area contributed by atoms with Gasteiger partial charge >= 0.3 is 0 Å². The summed E-state index contributed by atoms with van der Waals surface area (Å²) >= 11 is 0. The van der Waals surface area contributed by atoms with Crippen LogP contribution in [0.15, 0.2) is 12.2 Å². The Morgan fingerprint density at radius 3 is 3.00 bits per heavy atom. The van der Waals surface area contributed by atoms with Crippen LogP contribution in [0.4, 0.5) is 0 Å². The number of nitrogens with zero attached hydrogens (tertiary/aromatic N) is 1. The fourth-order valence-corrected chi connectivity index (χ4v) is 1.42. The highest BCUT2D eigenvalue weighted by atomic mass is 16.5. The summed E-state index contributed by atoms with van der Waals surface area (Å²) in [4.78, 5) is 2.27. The lowest BCUT2D eigenvalue weighted by Gasteiger charge is -2.23. The third kappa shape index (κ3) is 2.59. The standard InChI is InChI=1S/C9H18N2O/c1-8(5-10)6-11(2)9-3-4-12-7-9/h9H,1,3-7,10H2,2H3. The number of rotatable bonds is 4. The second-order valence-electron chi connectivity index (χ2n) is 3.39. The quantitative estimate of drug-likeness (QED) is 0.613. The molecule has 3 heteroatoms. The van der Waals surface area contributed by atoms with Gasteiger partial charge in [-0.2, -0.15) is 0 Å². The molecule has 1 atom stereocenters. The lowest BCUT2D eigenvalue weighted by Crippen LogP contribution is -2.34. The van der Waals surface area contributed by atoms with E-state index < -0.39 is 0 Å². The molecule has 12 heavy (non-hydrogen) atoms. The van der Waals surface area contributed by atoms with Crippen molar-refractivity contribution in [3.05, 3.63) is 12.2 Å². The molecule has 70 valence electrons. The van der Waals surface area contributed by atoms with E-state index in [1.807, 2.05) is 0 Å². The maximum atomic E-state index is 5.46. The summed E-state index contributed by atoms with van der Waals surface area (Å²) in [7, 11) is 2.10. The van der Waals surface area contributed by atoms with Crippen LogP contribution >= 0.6 is 0 Å². The topological polar surface area (TPSA) is 38.5 Å². The Labute approximate surface area is 74.2 Å². The van der Waals surface area contributed by atoms with Crippen LogP contribution in [0, 0.1) is 0 Å². The minimum absolute atomic E-state index is 0.563. The Hall–Kier alpha value is -0.380. The van der Waals surface area contributed by atoms with Crippen LogP contribution in [-0.4, -0.2) is 44.3 Å². The van der Waals surface area contributed by atoms with Crippen molar-refractivity contribution in [3.8, 4) is 0 Å². The fourth-order valence-electron chi connectivity index (χ4n) is 1.42. The summed E-state index contributed by atoms with van der Waals surface area (Å²) < 4.78 is 5.29. The molecule has 0 saturated carbocycles. The third-order valence-corrected chi connectivity index (χ3v) is 2.29. The second-order valence-corrected chi connectivity index (χ2v) is 3.39. The van der Waals surface area contributed by atoms with Gasteiger partial charge in [-0.25, -0.2) is 0 Å². The molecule has 0 bridgehead atoms. The van der Waals surface area contributed by atoms with Crippen molar-refractivity contribution in [2.45, 2.75) is 12.5 Å². The van der Waals surface area contributed by atoms with E-state index >= 15 is 0 Å². The molecular weight excluding hydrogens is 152 g/mol. The van der Waals surface area contributed by atoms with Crippen molar-refractivity contribution in [1.82, 2.24) is 4.90 Å². The second kappa shape index (κ2) is 4.60. The predicted molar refractivity (Wildman–Crippen MR) is 50.0 cm³/mol. The molecular formula is C9H18N2O. The lowest BCUT2D eigenvalue weighted by atomic mass is 10.2.